The van der Waals surface area contributed by atoms with Gasteiger partial charge in [0.25, 0.3) is 0 Å². The van der Waals surface area contributed by atoms with Crippen molar-refractivity contribution in [3.05, 3.63) is 29.0 Å². The van der Waals surface area contributed by atoms with Crippen LogP contribution in [0.4, 0.5) is 0 Å². The number of nitrogens with zero attached hydrogens (tertiary/aromatic N) is 3. The average Bonchev–Trinajstić information content (AvgIpc) is 2.18. The predicted octanol–water partition coefficient (Wildman–Crippen LogP) is 1.31. The first kappa shape index (κ1) is 9.79. The number of carboxylic acid groups (broad SMARTS) is 1. The highest BCUT2D eigenvalue weighted by atomic mass is 35.5. The molecule has 0 fully saturated rings. The van der Waals surface area contributed by atoms with E-state index in [1.54, 1.807) is 18.2 Å². The van der Waals surface area contributed by atoms with Crippen molar-refractivity contribution in [2.75, 3.05) is 0 Å². The minimum atomic E-state index is -0.997. The lowest BCUT2D eigenvalue weighted by Gasteiger charge is -1.99. The molecule has 0 aliphatic heterocycles. The number of carbonyl (C=O) groups is 1. The number of hydrogen-bond donors (Lipinski definition) is 1. The molecule has 1 aromatic carbocycles. The van der Waals surface area contributed by atoms with E-state index in [1.165, 1.54) is 0 Å². The Morgan fingerprint density at radius 1 is 1.40 bits per heavy atom. The van der Waals surface area contributed by atoms with E-state index in [9.17, 15) is 4.79 Å². The van der Waals surface area contributed by atoms with Gasteiger partial charge in [0, 0.05) is 0 Å². The highest BCUT2D eigenvalue weighted by Gasteiger charge is 2.07. The fraction of sp³-hybridized carbons (Fsp3) is 0.111. The van der Waals surface area contributed by atoms with Crippen LogP contribution >= 0.6 is 11.6 Å². The summed E-state index contributed by atoms with van der Waals surface area (Å²) in [5.74, 6) is -0.841. The van der Waals surface area contributed by atoms with Gasteiger partial charge < -0.3 is 5.11 Å². The SMILES string of the molecule is O=C(O)Cc1nnc2cccc(Cl)c2n1. The zero-order chi connectivity index (χ0) is 10.8. The van der Waals surface area contributed by atoms with E-state index in [2.05, 4.69) is 15.2 Å². The van der Waals surface area contributed by atoms with Crippen LogP contribution in [0.15, 0.2) is 18.2 Å². The second kappa shape index (κ2) is 3.78. The molecule has 15 heavy (non-hydrogen) atoms. The number of carboxylic acids is 1. The van der Waals surface area contributed by atoms with Crippen molar-refractivity contribution in [3.8, 4) is 0 Å². The fourth-order valence-corrected chi connectivity index (χ4v) is 1.38. The molecule has 0 saturated carbocycles. The van der Waals surface area contributed by atoms with Crippen LogP contribution in [0.5, 0.6) is 0 Å². The molecule has 0 spiro atoms. The Morgan fingerprint density at radius 3 is 2.93 bits per heavy atom. The summed E-state index contributed by atoms with van der Waals surface area (Å²) in [4.78, 5) is 14.5. The minimum absolute atomic E-state index is 0.156. The number of hydrogen-bond acceptors (Lipinski definition) is 4. The first-order chi connectivity index (χ1) is 7.16. The summed E-state index contributed by atoms with van der Waals surface area (Å²) in [5.41, 5.74) is 1.03. The van der Waals surface area contributed by atoms with Crippen LogP contribution in [0.2, 0.25) is 5.02 Å². The third kappa shape index (κ3) is 2.02. The zero-order valence-electron chi connectivity index (χ0n) is 7.51. The summed E-state index contributed by atoms with van der Waals surface area (Å²) in [5, 5.41) is 16.5. The number of aliphatic carboxylic acids is 1. The maximum atomic E-state index is 10.4. The maximum absolute atomic E-state index is 10.4. The topological polar surface area (TPSA) is 76.0 Å². The lowest BCUT2D eigenvalue weighted by atomic mass is 10.3. The van der Waals surface area contributed by atoms with E-state index in [4.69, 9.17) is 16.7 Å². The van der Waals surface area contributed by atoms with Crippen molar-refractivity contribution in [3.63, 3.8) is 0 Å². The maximum Gasteiger partial charge on any atom is 0.311 e. The van der Waals surface area contributed by atoms with E-state index in [0.717, 1.165) is 0 Å². The summed E-state index contributed by atoms with van der Waals surface area (Å²) in [6, 6.07) is 5.12. The largest absolute Gasteiger partial charge is 0.481 e. The Hall–Kier alpha value is -1.75. The second-order valence-corrected chi connectivity index (χ2v) is 3.31. The van der Waals surface area contributed by atoms with Crippen molar-refractivity contribution in [2.24, 2.45) is 0 Å². The number of para-hydroxylation sites is 1. The molecule has 0 atom stereocenters. The molecule has 0 bridgehead atoms. The molecule has 1 N–H and O–H groups in total. The van der Waals surface area contributed by atoms with Crippen LogP contribution < -0.4 is 0 Å². The Bertz CT molecular complexity index is 530. The third-order valence-corrected chi connectivity index (χ3v) is 2.09. The van der Waals surface area contributed by atoms with Crippen molar-refractivity contribution in [2.45, 2.75) is 6.42 Å². The number of aromatic nitrogens is 3. The van der Waals surface area contributed by atoms with E-state index in [-0.39, 0.29) is 12.2 Å². The molecule has 6 heteroatoms. The van der Waals surface area contributed by atoms with Crippen LogP contribution in [0.25, 0.3) is 11.0 Å². The molecule has 2 aromatic rings. The van der Waals surface area contributed by atoms with E-state index < -0.39 is 5.97 Å². The molecule has 0 amide bonds. The van der Waals surface area contributed by atoms with Crippen LogP contribution in [-0.2, 0) is 11.2 Å². The van der Waals surface area contributed by atoms with Gasteiger partial charge in [-0.15, -0.1) is 10.2 Å². The molecule has 5 nitrogen and oxygen atoms in total. The highest BCUT2D eigenvalue weighted by Crippen LogP contribution is 2.18. The number of fused-ring (bicyclic) bond motifs is 1. The lowest BCUT2D eigenvalue weighted by Crippen LogP contribution is -2.06. The van der Waals surface area contributed by atoms with Gasteiger partial charge in [0.1, 0.15) is 17.5 Å². The number of rotatable bonds is 2. The minimum Gasteiger partial charge on any atom is -0.481 e. The van der Waals surface area contributed by atoms with Crippen molar-refractivity contribution in [1.82, 2.24) is 15.2 Å². The van der Waals surface area contributed by atoms with Gasteiger partial charge in [-0.2, -0.15) is 0 Å². The van der Waals surface area contributed by atoms with Gasteiger partial charge in [0.05, 0.1) is 5.02 Å². The summed E-state index contributed by atoms with van der Waals surface area (Å²) in [6.07, 6.45) is -0.256. The second-order valence-electron chi connectivity index (χ2n) is 2.91. The van der Waals surface area contributed by atoms with Crippen LogP contribution in [0.3, 0.4) is 0 Å². The zero-order valence-corrected chi connectivity index (χ0v) is 8.27. The summed E-state index contributed by atoms with van der Waals surface area (Å²) in [6.45, 7) is 0. The van der Waals surface area contributed by atoms with Gasteiger partial charge in [-0.1, -0.05) is 17.7 Å². The van der Waals surface area contributed by atoms with Gasteiger partial charge in [-0.25, -0.2) is 4.98 Å². The Morgan fingerprint density at radius 2 is 2.20 bits per heavy atom. The summed E-state index contributed by atoms with van der Waals surface area (Å²) < 4.78 is 0. The Balaban J connectivity index is 2.54. The molecule has 0 saturated heterocycles. The predicted molar refractivity (Wildman–Crippen MR) is 53.7 cm³/mol. The van der Waals surface area contributed by atoms with Crippen molar-refractivity contribution in [1.29, 1.82) is 0 Å². The van der Waals surface area contributed by atoms with Crippen molar-refractivity contribution >= 4 is 28.6 Å². The molecule has 0 aliphatic rings. The average molecular weight is 224 g/mol. The summed E-state index contributed by atoms with van der Waals surface area (Å²) >= 11 is 5.89. The third-order valence-electron chi connectivity index (χ3n) is 1.79. The normalized spacial score (nSPS) is 10.5. The van der Waals surface area contributed by atoms with Gasteiger partial charge in [-0.3, -0.25) is 4.79 Å². The smallest absolute Gasteiger partial charge is 0.311 e. The molecular formula is C9H6ClN3O2. The van der Waals surface area contributed by atoms with Gasteiger partial charge in [0.15, 0.2) is 5.82 Å². The fourth-order valence-electron chi connectivity index (χ4n) is 1.17. The monoisotopic (exact) mass is 223 g/mol. The highest BCUT2D eigenvalue weighted by molar-refractivity contribution is 6.34. The quantitative estimate of drug-likeness (QED) is 0.831. The van der Waals surface area contributed by atoms with Crippen molar-refractivity contribution < 1.29 is 9.90 Å². The molecule has 76 valence electrons. The lowest BCUT2D eigenvalue weighted by molar-refractivity contribution is -0.136. The van der Waals surface area contributed by atoms with E-state index >= 15 is 0 Å². The first-order valence-electron chi connectivity index (χ1n) is 4.16. The number of benzene rings is 1. The molecule has 0 aliphatic carbocycles. The molecular weight excluding hydrogens is 218 g/mol. The van der Waals surface area contributed by atoms with Gasteiger partial charge >= 0.3 is 5.97 Å². The van der Waals surface area contributed by atoms with Gasteiger partial charge in [0.2, 0.25) is 0 Å². The Labute approximate surface area is 89.7 Å². The van der Waals surface area contributed by atoms with E-state index in [0.29, 0.717) is 16.1 Å². The standard InChI is InChI=1S/C9H6ClN3O2/c10-5-2-1-3-6-9(5)11-7(13-12-6)4-8(14)15/h1-3H,4H2,(H,14,15). The molecule has 0 unspecified atom stereocenters. The van der Waals surface area contributed by atoms with E-state index in [1.807, 2.05) is 0 Å². The van der Waals surface area contributed by atoms with Gasteiger partial charge in [-0.05, 0) is 12.1 Å². The molecule has 0 radical (unpaired) electrons. The summed E-state index contributed by atoms with van der Waals surface area (Å²) in [7, 11) is 0. The number of halogens is 1. The Kier molecular flexibility index (Phi) is 2.47. The van der Waals surface area contributed by atoms with Crippen LogP contribution in [-0.4, -0.2) is 26.3 Å². The van der Waals surface area contributed by atoms with Crippen LogP contribution in [0.1, 0.15) is 5.82 Å². The first-order valence-corrected chi connectivity index (χ1v) is 4.54. The molecule has 1 aromatic heterocycles. The van der Waals surface area contributed by atoms with Crippen LogP contribution in [0, 0.1) is 0 Å². The molecule has 1 heterocycles. The molecule has 2 rings (SSSR count).